The molecule has 204 valence electrons. The minimum absolute atomic E-state index is 0.0336. The van der Waals surface area contributed by atoms with Crippen LogP contribution in [0.1, 0.15) is 23.0 Å². The van der Waals surface area contributed by atoms with E-state index in [0.717, 1.165) is 21.4 Å². The van der Waals surface area contributed by atoms with E-state index in [1.165, 1.54) is 24.1 Å². The summed E-state index contributed by atoms with van der Waals surface area (Å²) in [7, 11) is 0. The summed E-state index contributed by atoms with van der Waals surface area (Å²) in [6.07, 6.45) is 2.95. The molecule has 0 aliphatic rings. The second kappa shape index (κ2) is 12.8. The van der Waals surface area contributed by atoms with E-state index < -0.39 is 11.8 Å². The summed E-state index contributed by atoms with van der Waals surface area (Å²) in [5.41, 5.74) is 1.74. The number of hydrogen-bond acceptors (Lipinski definition) is 5. The highest BCUT2D eigenvalue weighted by atomic mass is 32.2. The minimum atomic E-state index is -0.505. The second-order valence-electron chi connectivity index (χ2n) is 9.18. The van der Waals surface area contributed by atoms with Crippen molar-refractivity contribution in [3.8, 4) is 0 Å². The summed E-state index contributed by atoms with van der Waals surface area (Å²) in [6.45, 7) is 1.85. The SMILES string of the molecule is CC(Sc1ccc(NC(=O)/C(=C/c2ccco2)NC(=O)c2ccccc2)cc1)C(=O)Nc1ccc2ccccc2c1. The summed E-state index contributed by atoms with van der Waals surface area (Å²) < 4.78 is 5.34. The molecule has 3 N–H and O–H groups in total. The number of furan rings is 1. The smallest absolute Gasteiger partial charge is 0.272 e. The van der Waals surface area contributed by atoms with E-state index >= 15 is 0 Å². The standard InChI is InChI=1S/C33H27N3O4S/c1-22(31(37)35-27-14-13-23-8-5-6-11-25(23)20-27)41-29-17-15-26(16-18-29)34-33(39)30(21-28-12-7-19-40-28)36-32(38)24-9-3-2-4-10-24/h2-22H,1H3,(H,34,39)(H,35,37)(H,36,38)/b30-21-. The van der Waals surface area contributed by atoms with Crippen molar-refractivity contribution in [1.82, 2.24) is 5.32 Å². The molecule has 0 fully saturated rings. The van der Waals surface area contributed by atoms with Gasteiger partial charge in [-0.25, -0.2) is 0 Å². The molecule has 1 aromatic heterocycles. The summed E-state index contributed by atoms with van der Waals surface area (Å²) in [5, 5.41) is 10.3. The second-order valence-corrected chi connectivity index (χ2v) is 10.6. The van der Waals surface area contributed by atoms with Gasteiger partial charge >= 0.3 is 0 Å². The maximum Gasteiger partial charge on any atom is 0.272 e. The Bertz CT molecular complexity index is 1700. The Balaban J connectivity index is 1.21. The van der Waals surface area contributed by atoms with Crippen LogP contribution in [0.25, 0.3) is 16.8 Å². The van der Waals surface area contributed by atoms with Crippen LogP contribution in [-0.4, -0.2) is 23.0 Å². The number of nitrogens with one attached hydrogen (secondary N) is 3. The van der Waals surface area contributed by atoms with Gasteiger partial charge in [0.1, 0.15) is 11.5 Å². The van der Waals surface area contributed by atoms with Crippen LogP contribution in [0, 0.1) is 0 Å². The van der Waals surface area contributed by atoms with Gasteiger partial charge in [-0.2, -0.15) is 0 Å². The van der Waals surface area contributed by atoms with Crippen molar-refractivity contribution in [2.24, 2.45) is 0 Å². The lowest BCUT2D eigenvalue weighted by molar-refractivity contribution is -0.115. The molecule has 0 aliphatic carbocycles. The van der Waals surface area contributed by atoms with Gasteiger partial charge in [0, 0.05) is 27.9 Å². The van der Waals surface area contributed by atoms with Crippen LogP contribution in [-0.2, 0) is 9.59 Å². The average Bonchev–Trinajstić information content (AvgIpc) is 3.51. The molecule has 1 heterocycles. The highest BCUT2D eigenvalue weighted by molar-refractivity contribution is 8.00. The third kappa shape index (κ3) is 7.32. The fourth-order valence-corrected chi connectivity index (χ4v) is 4.91. The topological polar surface area (TPSA) is 100 Å². The Morgan fingerprint density at radius 2 is 1.46 bits per heavy atom. The van der Waals surface area contributed by atoms with E-state index in [0.29, 0.717) is 17.0 Å². The number of carbonyl (C=O) groups is 3. The van der Waals surface area contributed by atoms with Crippen molar-refractivity contribution in [3.63, 3.8) is 0 Å². The van der Waals surface area contributed by atoms with Gasteiger partial charge < -0.3 is 20.4 Å². The molecular formula is C33H27N3O4S. The van der Waals surface area contributed by atoms with Gasteiger partial charge in [-0.05, 0) is 78.4 Å². The maximum atomic E-state index is 13.1. The number of thioether (sulfide) groups is 1. The van der Waals surface area contributed by atoms with Crippen LogP contribution in [0.5, 0.6) is 0 Å². The maximum absolute atomic E-state index is 13.1. The molecule has 0 saturated carbocycles. The van der Waals surface area contributed by atoms with Crippen molar-refractivity contribution in [2.75, 3.05) is 10.6 Å². The molecule has 5 aromatic rings. The van der Waals surface area contributed by atoms with Gasteiger partial charge in [-0.3, -0.25) is 14.4 Å². The summed E-state index contributed by atoms with van der Waals surface area (Å²) in [4.78, 5) is 39.5. The van der Waals surface area contributed by atoms with Crippen LogP contribution < -0.4 is 16.0 Å². The lowest BCUT2D eigenvalue weighted by atomic mass is 10.1. The summed E-state index contributed by atoms with van der Waals surface area (Å²) in [6, 6.07) is 33.0. The zero-order valence-corrected chi connectivity index (χ0v) is 23.0. The Morgan fingerprint density at radius 1 is 0.756 bits per heavy atom. The first-order valence-electron chi connectivity index (χ1n) is 12.9. The van der Waals surface area contributed by atoms with Crippen LogP contribution in [0.2, 0.25) is 0 Å². The molecule has 8 heteroatoms. The van der Waals surface area contributed by atoms with Crippen molar-refractivity contribution < 1.29 is 18.8 Å². The normalized spacial score (nSPS) is 12.0. The minimum Gasteiger partial charge on any atom is -0.465 e. The summed E-state index contributed by atoms with van der Waals surface area (Å²) >= 11 is 1.41. The van der Waals surface area contributed by atoms with Gasteiger partial charge in [0.05, 0.1) is 11.5 Å². The first-order valence-corrected chi connectivity index (χ1v) is 13.8. The quantitative estimate of drug-likeness (QED) is 0.133. The van der Waals surface area contributed by atoms with E-state index in [4.69, 9.17) is 4.42 Å². The van der Waals surface area contributed by atoms with Crippen LogP contribution >= 0.6 is 11.8 Å². The molecule has 1 unspecified atom stereocenters. The number of carbonyl (C=O) groups excluding carboxylic acids is 3. The highest BCUT2D eigenvalue weighted by Crippen LogP contribution is 2.26. The molecule has 0 bridgehead atoms. The number of benzene rings is 4. The lowest BCUT2D eigenvalue weighted by Crippen LogP contribution is -2.30. The Kier molecular flexibility index (Phi) is 8.61. The molecule has 7 nitrogen and oxygen atoms in total. The van der Waals surface area contributed by atoms with E-state index in [1.54, 1.807) is 48.5 Å². The molecule has 41 heavy (non-hydrogen) atoms. The van der Waals surface area contributed by atoms with Crippen molar-refractivity contribution in [3.05, 3.63) is 132 Å². The number of anilines is 2. The molecule has 4 aromatic carbocycles. The molecule has 0 radical (unpaired) electrons. The molecule has 3 amide bonds. The predicted molar refractivity (Wildman–Crippen MR) is 164 cm³/mol. The predicted octanol–water partition coefficient (Wildman–Crippen LogP) is 6.96. The van der Waals surface area contributed by atoms with E-state index in [2.05, 4.69) is 16.0 Å². The molecule has 0 saturated heterocycles. The van der Waals surface area contributed by atoms with E-state index in [-0.39, 0.29) is 16.9 Å². The number of amides is 3. The van der Waals surface area contributed by atoms with Gasteiger partial charge in [0.25, 0.3) is 11.8 Å². The van der Waals surface area contributed by atoms with Crippen molar-refractivity contribution >= 4 is 57.7 Å². The third-order valence-electron chi connectivity index (χ3n) is 6.17. The van der Waals surface area contributed by atoms with Crippen molar-refractivity contribution in [2.45, 2.75) is 17.1 Å². The third-order valence-corrected chi connectivity index (χ3v) is 7.28. The monoisotopic (exact) mass is 561 g/mol. The Morgan fingerprint density at radius 3 is 2.20 bits per heavy atom. The first-order chi connectivity index (χ1) is 19.9. The van der Waals surface area contributed by atoms with Crippen LogP contribution in [0.15, 0.2) is 130 Å². The van der Waals surface area contributed by atoms with E-state index in [1.807, 2.05) is 67.6 Å². The van der Waals surface area contributed by atoms with Gasteiger partial charge in [0.2, 0.25) is 5.91 Å². The largest absolute Gasteiger partial charge is 0.465 e. The van der Waals surface area contributed by atoms with Crippen molar-refractivity contribution in [1.29, 1.82) is 0 Å². The van der Waals surface area contributed by atoms with E-state index in [9.17, 15) is 14.4 Å². The number of fused-ring (bicyclic) bond motifs is 1. The zero-order valence-electron chi connectivity index (χ0n) is 22.2. The van der Waals surface area contributed by atoms with Crippen LogP contribution in [0.3, 0.4) is 0 Å². The molecule has 1 atom stereocenters. The first kappa shape index (κ1) is 27.5. The average molecular weight is 562 g/mol. The zero-order chi connectivity index (χ0) is 28.6. The fraction of sp³-hybridized carbons (Fsp3) is 0.0606. The molecule has 5 rings (SSSR count). The Labute approximate surface area is 241 Å². The van der Waals surface area contributed by atoms with Gasteiger partial charge in [-0.1, -0.05) is 48.5 Å². The number of rotatable bonds is 9. The molecule has 0 spiro atoms. The fourth-order valence-electron chi connectivity index (χ4n) is 4.04. The Hall–Kier alpha value is -5.08. The summed E-state index contributed by atoms with van der Waals surface area (Å²) in [5.74, 6) is -0.605. The van der Waals surface area contributed by atoms with Gasteiger partial charge in [0.15, 0.2) is 0 Å². The van der Waals surface area contributed by atoms with Crippen LogP contribution in [0.4, 0.5) is 11.4 Å². The molecule has 0 aliphatic heterocycles. The van der Waals surface area contributed by atoms with Gasteiger partial charge in [-0.15, -0.1) is 11.8 Å². The highest BCUT2D eigenvalue weighted by Gasteiger charge is 2.17. The molecular weight excluding hydrogens is 534 g/mol. The number of hydrogen-bond donors (Lipinski definition) is 3. The lowest BCUT2D eigenvalue weighted by Gasteiger charge is -2.14.